The quantitative estimate of drug-likeness (QED) is 0.464. The molecule has 0 heterocycles. The third kappa shape index (κ3) is 7.85. The normalized spacial score (nSPS) is 10.3. The molecular weight excluding hydrogens is 144 g/mol. The number of hydrogen-bond acceptors (Lipinski definition) is 2. The van der Waals surface area contributed by atoms with Crippen LogP contribution >= 0.6 is 12.2 Å². The topological polar surface area (TPSA) is 38.0 Å². The first kappa shape index (κ1) is 9.85. The van der Waals surface area contributed by atoms with Crippen molar-refractivity contribution >= 4 is 17.2 Å². The summed E-state index contributed by atoms with van der Waals surface area (Å²) < 4.78 is 0. The lowest BCUT2D eigenvalue weighted by atomic mass is 10.2. The number of nitrogens with two attached hydrogens (primary N) is 1. The molecule has 60 valence electrons. The molecule has 0 aromatic heterocycles. The molecule has 0 rings (SSSR count). The van der Waals surface area contributed by atoms with E-state index in [0.717, 1.165) is 19.5 Å². The van der Waals surface area contributed by atoms with E-state index in [2.05, 4.69) is 19.2 Å². The van der Waals surface area contributed by atoms with Crippen LogP contribution < -0.4 is 11.1 Å². The highest BCUT2D eigenvalue weighted by atomic mass is 32.1. The average Bonchev–Trinajstić information content (AvgIpc) is 1.79. The highest BCUT2D eigenvalue weighted by molar-refractivity contribution is 7.80. The predicted octanol–water partition coefficient (Wildman–Crippen LogP) is 0.908. The maximum atomic E-state index is 5.30. The zero-order valence-electron chi connectivity index (χ0n) is 6.68. The Bertz CT molecular complexity index is 102. The van der Waals surface area contributed by atoms with Gasteiger partial charge < -0.3 is 11.1 Å². The maximum Gasteiger partial charge on any atom is 0.0740 e. The summed E-state index contributed by atoms with van der Waals surface area (Å²) in [5.74, 6) is 0.700. The molecule has 0 saturated heterocycles. The largest absolute Gasteiger partial charge is 0.393 e. The van der Waals surface area contributed by atoms with Gasteiger partial charge >= 0.3 is 0 Å². The standard InChI is InChI=1S/C7H16N2S/c1-6(2)5-9-4-3-7(8)10/h6,9H,3-5H2,1-2H3,(H2,8,10). The lowest BCUT2D eigenvalue weighted by molar-refractivity contribution is 0.560. The molecule has 0 saturated carbocycles. The minimum absolute atomic E-state index is 0.594. The molecule has 0 bridgehead atoms. The lowest BCUT2D eigenvalue weighted by Crippen LogP contribution is -2.24. The highest BCUT2D eigenvalue weighted by Crippen LogP contribution is 1.86. The summed E-state index contributed by atoms with van der Waals surface area (Å²) in [5, 5.41) is 3.25. The van der Waals surface area contributed by atoms with Crippen molar-refractivity contribution in [2.45, 2.75) is 20.3 Å². The van der Waals surface area contributed by atoms with E-state index < -0.39 is 0 Å². The molecule has 0 radical (unpaired) electrons. The number of nitrogens with one attached hydrogen (secondary N) is 1. The molecule has 0 amide bonds. The molecule has 0 aromatic rings. The zero-order chi connectivity index (χ0) is 7.98. The van der Waals surface area contributed by atoms with Gasteiger partial charge in [0.2, 0.25) is 0 Å². The van der Waals surface area contributed by atoms with Crippen LogP contribution in [0.5, 0.6) is 0 Å². The molecule has 10 heavy (non-hydrogen) atoms. The van der Waals surface area contributed by atoms with Crippen LogP contribution in [-0.4, -0.2) is 18.1 Å². The first-order chi connectivity index (χ1) is 4.63. The fourth-order valence-electron chi connectivity index (χ4n) is 0.602. The van der Waals surface area contributed by atoms with Gasteiger partial charge in [-0.3, -0.25) is 0 Å². The van der Waals surface area contributed by atoms with Crippen molar-refractivity contribution < 1.29 is 0 Å². The van der Waals surface area contributed by atoms with E-state index in [1.54, 1.807) is 0 Å². The van der Waals surface area contributed by atoms with Crippen molar-refractivity contribution in [2.24, 2.45) is 11.7 Å². The van der Waals surface area contributed by atoms with Crippen LogP contribution in [0.4, 0.5) is 0 Å². The molecule has 0 unspecified atom stereocenters. The second kappa shape index (κ2) is 5.62. The Labute approximate surface area is 68.2 Å². The molecule has 3 heteroatoms. The summed E-state index contributed by atoms with van der Waals surface area (Å²) in [6, 6.07) is 0. The predicted molar refractivity (Wildman–Crippen MR) is 49.1 cm³/mol. The summed E-state index contributed by atoms with van der Waals surface area (Å²) in [4.78, 5) is 0.594. The van der Waals surface area contributed by atoms with Gasteiger partial charge in [-0.1, -0.05) is 26.1 Å². The minimum atomic E-state index is 0.594. The van der Waals surface area contributed by atoms with Crippen molar-refractivity contribution in [1.29, 1.82) is 0 Å². The summed E-state index contributed by atoms with van der Waals surface area (Å²) in [6.45, 7) is 6.30. The van der Waals surface area contributed by atoms with Gasteiger partial charge in [0, 0.05) is 13.0 Å². The molecular formula is C7H16N2S. The smallest absolute Gasteiger partial charge is 0.0740 e. The van der Waals surface area contributed by atoms with Crippen LogP contribution in [-0.2, 0) is 0 Å². The summed E-state index contributed by atoms with van der Waals surface area (Å²) in [6.07, 6.45) is 0.808. The molecule has 0 aliphatic carbocycles. The summed E-state index contributed by atoms with van der Waals surface area (Å²) in [5.41, 5.74) is 5.30. The van der Waals surface area contributed by atoms with E-state index in [1.807, 2.05) is 0 Å². The van der Waals surface area contributed by atoms with Gasteiger partial charge in [-0.05, 0) is 12.5 Å². The van der Waals surface area contributed by atoms with Crippen molar-refractivity contribution in [3.05, 3.63) is 0 Å². The van der Waals surface area contributed by atoms with Crippen LogP contribution in [0.15, 0.2) is 0 Å². The van der Waals surface area contributed by atoms with Crippen LogP contribution in [0, 0.1) is 5.92 Å². The fraction of sp³-hybridized carbons (Fsp3) is 0.857. The van der Waals surface area contributed by atoms with Crippen LogP contribution in [0.3, 0.4) is 0 Å². The van der Waals surface area contributed by atoms with Crippen molar-refractivity contribution in [3.63, 3.8) is 0 Å². The highest BCUT2D eigenvalue weighted by Gasteiger charge is 1.92. The SMILES string of the molecule is CC(C)CNCCC(N)=S. The summed E-state index contributed by atoms with van der Waals surface area (Å²) in [7, 11) is 0. The number of thiocarbonyl (C=S) groups is 1. The van der Waals surface area contributed by atoms with E-state index in [9.17, 15) is 0 Å². The Kier molecular flexibility index (Phi) is 5.54. The lowest BCUT2D eigenvalue weighted by Gasteiger charge is -2.05. The number of hydrogen-bond donors (Lipinski definition) is 2. The second-order valence-corrected chi connectivity index (χ2v) is 3.34. The Balaban J connectivity index is 2.98. The molecule has 0 fully saturated rings. The molecule has 3 N–H and O–H groups in total. The Morgan fingerprint density at radius 1 is 1.60 bits per heavy atom. The monoisotopic (exact) mass is 160 g/mol. The van der Waals surface area contributed by atoms with Gasteiger partial charge in [-0.25, -0.2) is 0 Å². The van der Waals surface area contributed by atoms with Gasteiger partial charge in [0.05, 0.1) is 4.99 Å². The fourth-order valence-corrected chi connectivity index (χ4v) is 0.704. The van der Waals surface area contributed by atoms with E-state index in [-0.39, 0.29) is 0 Å². The first-order valence-corrected chi connectivity index (χ1v) is 4.02. The Hall–Kier alpha value is -0.150. The molecule has 0 aromatic carbocycles. The van der Waals surface area contributed by atoms with E-state index in [0.29, 0.717) is 10.9 Å². The van der Waals surface area contributed by atoms with Crippen LogP contribution in [0.2, 0.25) is 0 Å². The molecule has 0 atom stereocenters. The molecule has 0 aliphatic rings. The molecule has 2 nitrogen and oxygen atoms in total. The zero-order valence-corrected chi connectivity index (χ0v) is 7.50. The van der Waals surface area contributed by atoms with Crippen LogP contribution in [0.1, 0.15) is 20.3 Å². The van der Waals surface area contributed by atoms with Gasteiger partial charge in [0.15, 0.2) is 0 Å². The van der Waals surface area contributed by atoms with E-state index >= 15 is 0 Å². The van der Waals surface area contributed by atoms with Crippen molar-refractivity contribution in [2.75, 3.05) is 13.1 Å². The van der Waals surface area contributed by atoms with E-state index in [1.165, 1.54) is 0 Å². The Morgan fingerprint density at radius 3 is 2.60 bits per heavy atom. The average molecular weight is 160 g/mol. The van der Waals surface area contributed by atoms with Gasteiger partial charge in [0.25, 0.3) is 0 Å². The molecule has 0 aliphatic heterocycles. The minimum Gasteiger partial charge on any atom is -0.393 e. The van der Waals surface area contributed by atoms with Crippen LogP contribution in [0.25, 0.3) is 0 Å². The van der Waals surface area contributed by atoms with E-state index in [4.69, 9.17) is 18.0 Å². The Morgan fingerprint density at radius 2 is 2.20 bits per heavy atom. The van der Waals surface area contributed by atoms with Gasteiger partial charge in [-0.2, -0.15) is 0 Å². The van der Waals surface area contributed by atoms with Gasteiger partial charge in [0.1, 0.15) is 0 Å². The van der Waals surface area contributed by atoms with Gasteiger partial charge in [-0.15, -0.1) is 0 Å². The van der Waals surface area contributed by atoms with Crippen molar-refractivity contribution in [1.82, 2.24) is 5.32 Å². The third-order valence-electron chi connectivity index (χ3n) is 1.10. The first-order valence-electron chi connectivity index (χ1n) is 3.62. The maximum absolute atomic E-state index is 5.30. The van der Waals surface area contributed by atoms with Crippen molar-refractivity contribution in [3.8, 4) is 0 Å². The second-order valence-electron chi connectivity index (χ2n) is 2.81. The summed E-state index contributed by atoms with van der Waals surface area (Å²) >= 11 is 4.71. The third-order valence-corrected chi connectivity index (χ3v) is 1.30. The molecule has 0 spiro atoms. The number of rotatable bonds is 5.